The van der Waals surface area contributed by atoms with E-state index in [0.717, 1.165) is 22.9 Å². The summed E-state index contributed by atoms with van der Waals surface area (Å²) in [7, 11) is 0. The highest BCUT2D eigenvalue weighted by Crippen LogP contribution is 2.24. The molecule has 6 heteroatoms. The molecular weight excluding hydrogens is 376 g/mol. The minimum Gasteiger partial charge on any atom is -0.457 e. The SMILES string of the molecule is Nc1ccc(Oc2ccc(N)cc2)cc1.Nc1cccc(Oc2cccc(N)c2)c1. The van der Waals surface area contributed by atoms with Gasteiger partial charge in [-0.3, -0.25) is 0 Å². The van der Waals surface area contributed by atoms with Crippen LogP contribution in [0.3, 0.4) is 0 Å². The highest BCUT2D eigenvalue weighted by Gasteiger charge is 1.98. The van der Waals surface area contributed by atoms with E-state index in [0.29, 0.717) is 22.9 Å². The number of rotatable bonds is 4. The molecule has 6 nitrogen and oxygen atoms in total. The van der Waals surface area contributed by atoms with Crippen molar-refractivity contribution in [3.63, 3.8) is 0 Å². The van der Waals surface area contributed by atoms with Crippen LogP contribution in [-0.4, -0.2) is 0 Å². The van der Waals surface area contributed by atoms with Crippen molar-refractivity contribution in [2.75, 3.05) is 22.9 Å². The Bertz CT molecular complexity index is 994. The van der Waals surface area contributed by atoms with Crippen molar-refractivity contribution in [3.8, 4) is 23.0 Å². The Morgan fingerprint density at radius 2 is 0.733 bits per heavy atom. The molecule has 4 aromatic carbocycles. The molecule has 0 atom stereocenters. The van der Waals surface area contributed by atoms with Crippen molar-refractivity contribution in [2.24, 2.45) is 0 Å². The van der Waals surface area contributed by atoms with Crippen molar-refractivity contribution < 1.29 is 9.47 Å². The standard InChI is InChI=1S/2C12H12N2O/c13-9-1-5-11(6-2-9)15-12-7-3-10(14)4-8-12;13-9-3-1-5-11(7-9)15-12-6-2-4-10(14)8-12/h2*1-8H,13-14H2. The molecule has 0 amide bonds. The number of nitrogen functional groups attached to an aromatic ring is 4. The molecule has 0 radical (unpaired) electrons. The Labute approximate surface area is 175 Å². The van der Waals surface area contributed by atoms with Gasteiger partial charge in [-0.1, -0.05) is 12.1 Å². The fourth-order valence-corrected chi connectivity index (χ4v) is 2.50. The van der Waals surface area contributed by atoms with Crippen LogP contribution in [0.4, 0.5) is 22.7 Å². The van der Waals surface area contributed by atoms with Gasteiger partial charge in [0, 0.05) is 34.9 Å². The number of anilines is 4. The lowest BCUT2D eigenvalue weighted by Crippen LogP contribution is -1.89. The minimum atomic E-state index is 0.677. The van der Waals surface area contributed by atoms with Crippen molar-refractivity contribution in [2.45, 2.75) is 0 Å². The molecule has 0 unspecified atom stereocenters. The summed E-state index contributed by atoms with van der Waals surface area (Å²) >= 11 is 0. The van der Waals surface area contributed by atoms with E-state index in [9.17, 15) is 0 Å². The smallest absolute Gasteiger partial charge is 0.129 e. The largest absolute Gasteiger partial charge is 0.457 e. The van der Waals surface area contributed by atoms with Gasteiger partial charge in [0.15, 0.2) is 0 Å². The molecule has 0 aromatic heterocycles. The maximum Gasteiger partial charge on any atom is 0.129 e. The second kappa shape index (κ2) is 9.75. The van der Waals surface area contributed by atoms with Gasteiger partial charge >= 0.3 is 0 Å². The summed E-state index contributed by atoms with van der Waals surface area (Å²) in [5.74, 6) is 2.93. The molecule has 4 aromatic rings. The fraction of sp³-hybridized carbons (Fsp3) is 0. The maximum absolute atomic E-state index is 5.64. The van der Waals surface area contributed by atoms with Crippen LogP contribution in [-0.2, 0) is 0 Å². The molecule has 0 heterocycles. The van der Waals surface area contributed by atoms with Gasteiger partial charge in [0.2, 0.25) is 0 Å². The summed E-state index contributed by atoms with van der Waals surface area (Å²) in [6.07, 6.45) is 0. The maximum atomic E-state index is 5.64. The summed E-state index contributed by atoms with van der Waals surface area (Å²) in [5.41, 5.74) is 25.2. The number of benzene rings is 4. The fourth-order valence-electron chi connectivity index (χ4n) is 2.50. The zero-order valence-electron chi connectivity index (χ0n) is 16.4. The molecule has 0 saturated carbocycles. The van der Waals surface area contributed by atoms with Gasteiger partial charge in [0.1, 0.15) is 23.0 Å². The van der Waals surface area contributed by atoms with E-state index >= 15 is 0 Å². The third kappa shape index (κ3) is 6.38. The Hall–Kier alpha value is -4.32. The van der Waals surface area contributed by atoms with Crippen molar-refractivity contribution in [1.29, 1.82) is 0 Å². The zero-order valence-corrected chi connectivity index (χ0v) is 16.4. The van der Waals surface area contributed by atoms with Gasteiger partial charge in [-0.25, -0.2) is 0 Å². The molecule has 0 aliphatic heterocycles. The number of hydrogen-bond acceptors (Lipinski definition) is 6. The van der Waals surface area contributed by atoms with Crippen LogP contribution in [0.15, 0.2) is 97.1 Å². The van der Waals surface area contributed by atoms with Crippen LogP contribution in [0, 0.1) is 0 Å². The quantitative estimate of drug-likeness (QED) is 0.345. The summed E-state index contributed by atoms with van der Waals surface area (Å²) in [4.78, 5) is 0. The lowest BCUT2D eigenvalue weighted by Gasteiger charge is -2.06. The van der Waals surface area contributed by atoms with E-state index < -0.39 is 0 Å². The van der Waals surface area contributed by atoms with Crippen LogP contribution in [0.1, 0.15) is 0 Å². The van der Waals surface area contributed by atoms with Crippen LogP contribution in [0.5, 0.6) is 23.0 Å². The first-order valence-electron chi connectivity index (χ1n) is 9.26. The van der Waals surface area contributed by atoms with E-state index in [1.165, 1.54) is 0 Å². The number of ether oxygens (including phenoxy) is 2. The molecule has 0 aliphatic carbocycles. The third-order valence-corrected chi connectivity index (χ3v) is 3.95. The van der Waals surface area contributed by atoms with E-state index in [4.69, 9.17) is 32.4 Å². The molecule has 30 heavy (non-hydrogen) atoms. The molecule has 0 saturated heterocycles. The minimum absolute atomic E-state index is 0.677. The molecule has 0 aliphatic rings. The Morgan fingerprint density at radius 3 is 1.10 bits per heavy atom. The van der Waals surface area contributed by atoms with Gasteiger partial charge in [-0.2, -0.15) is 0 Å². The molecule has 152 valence electrons. The first-order valence-corrected chi connectivity index (χ1v) is 9.26. The zero-order chi connectivity index (χ0) is 21.3. The van der Waals surface area contributed by atoms with E-state index in [2.05, 4.69) is 0 Å². The number of nitrogens with two attached hydrogens (primary N) is 4. The molecule has 0 fully saturated rings. The first kappa shape index (κ1) is 20.4. The molecule has 4 rings (SSSR count). The Kier molecular flexibility index (Phi) is 6.63. The van der Waals surface area contributed by atoms with Crippen molar-refractivity contribution in [1.82, 2.24) is 0 Å². The predicted octanol–water partition coefficient (Wildman–Crippen LogP) is 5.29. The summed E-state index contributed by atoms with van der Waals surface area (Å²) in [6, 6.07) is 29.0. The van der Waals surface area contributed by atoms with Crippen LogP contribution >= 0.6 is 0 Å². The normalized spacial score (nSPS) is 9.87. The monoisotopic (exact) mass is 400 g/mol. The topological polar surface area (TPSA) is 123 Å². The molecule has 0 spiro atoms. The number of hydrogen-bond donors (Lipinski definition) is 4. The third-order valence-electron chi connectivity index (χ3n) is 3.95. The van der Waals surface area contributed by atoms with Gasteiger partial charge < -0.3 is 32.4 Å². The van der Waals surface area contributed by atoms with Gasteiger partial charge in [-0.15, -0.1) is 0 Å². The second-order valence-corrected chi connectivity index (χ2v) is 6.49. The van der Waals surface area contributed by atoms with Gasteiger partial charge in [0.25, 0.3) is 0 Å². The Balaban J connectivity index is 0.000000171. The Morgan fingerprint density at radius 1 is 0.367 bits per heavy atom. The van der Waals surface area contributed by atoms with Gasteiger partial charge in [-0.05, 0) is 72.8 Å². The first-order chi connectivity index (χ1) is 14.5. The average molecular weight is 400 g/mol. The van der Waals surface area contributed by atoms with E-state index in [1.807, 2.05) is 60.7 Å². The molecule has 0 bridgehead atoms. The second-order valence-electron chi connectivity index (χ2n) is 6.49. The van der Waals surface area contributed by atoms with Gasteiger partial charge in [0.05, 0.1) is 0 Å². The molecule has 8 N–H and O–H groups in total. The van der Waals surface area contributed by atoms with Crippen LogP contribution in [0.25, 0.3) is 0 Å². The van der Waals surface area contributed by atoms with Crippen molar-refractivity contribution >= 4 is 22.7 Å². The van der Waals surface area contributed by atoms with Crippen LogP contribution < -0.4 is 32.4 Å². The summed E-state index contributed by atoms with van der Waals surface area (Å²) in [5, 5.41) is 0. The van der Waals surface area contributed by atoms with Crippen LogP contribution in [0.2, 0.25) is 0 Å². The highest BCUT2D eigenvalue weighted by atomic mass is 16.5. The molecular formula is C24H24N4O2. The van der Waals surface area contributed by atoms with E-state index in [-0.39, 0.29) is 0 Å². The summed E-state index contributed by atoms with van der Waals surface area (Å²) in [6.45, 7) is 0. The van der Waals surface area contributed by atoms with Crippen molar-refractivity contribution in [3.05, 3.63) is 97.1 Å². The average Bonchev–Trinajstić information content (AvgIpc) is 2.72. The highest BCUT2D eigenvalue weighted by molar-refractivity contribution is 5.48. The lowest BCUT2D eigenvalue weighted by atomic mass is 10.3. The summed E-state index contributed by atoms with van der Waals surface area (Å²) < 4.78 is 11.2. The lowest BCUT2D eigenvalue weighted by molar-refractivity contribution is 0.482. The van der Waals surface area contributed by atoms with E-state index in [1.54, 1.807) is 36.4 Å². The predicted molar refractivity (Wildman–Crippen MR) is 124 cm³/mol.